The van der Waals surface area contributed by atoms with Gasteiger partial charge in [0.05, 0.1) is 0 Å². The van der Waals surface area contributed by atoms with E-state index in [1.807, 2.05) is 38.1 Å². The number of amides is 2. The van der Waals surface area contributed by atoms with E-state index in [1.165, 1.54) is 4.90 Å². The predicted molar refractivity (Wildman–Crippen MR) is 130 cm³/mol. The molecule has 1 unspecified atom stereocenters. The molecule has 2 aromatic carbocycles. The molecule has 0 saturated heterocycles. The Morgan fingerprint density at radius 3 is 2.44 bits per heavy atom. The third-order valence-electron chi connectivity index (χ3n) is 5.18. The summed E-state index contributed by atoms with van der Waals surface area (Å²) in [7, 11) is 0. The Labute approximate surface area is 201 Å². The van der Waals surface area contributed by atoms with Crippen LogP contribution < -0.4 is 10.1 Å². The van der Waals surface area contributed by atoms with E-state index in [0.717, 1.165) is 12.0 Å². The summed E-state index contributed by atoms with van der Waals surface area (Å²) < 4.78 is 5.91. The summed E-state index contributed by atoms with van der Waals surface area (Å²) in [4.78, 5) is 27.7. The lowest BCUT2D eigenvalue weighted by Crippen LogP contribution is -2.50. The predicted octanol–water partition coefficient (Wildman–Crippen LogP) is 5.83. The van der Waals surface area contributed by atoms with Gasteiger partial charge in [-0.3, -0.25) is 9.59 Å². The molecular weight excluding hydrogens is 447 g/mol. The molecule has 0 saturated carbocycles. The highest BCUT2D eigenvalue weighted by atomic mass is 35.5. The Kier molecular flexibility index (Phi) is 10.3. The highest BCUT2D eigenvalue weighted by Gasteiger charge is 2.29. The maximum Gasteiger partial charge on any atom is 0.261 e. The molecule has 32 heavy (non-hydrogen) atoms. The van der Waals surface area contributed by atoms with E-state index in [1.54, 1.807) is 18.2 Å². The van der Waals surface area contributed by atoms with Crippen molar-refractivity contribution in [3.8, 4) is 5.75 Å². The van der Waals surface area contributed by atoms with Crippen LogP contribution in [0.15, 0.2) is 42.5 Å². The van der Waals surface area contributed by atoms with Crippen LogP contribution in [0.5, 0.6) is 5.75 Å². The molecule has 0 aliphatic heterocycles. The van der Waals surface area contributed by atoms with Crippen molar-refractivity contribution in [1.29, 1.82) is 0 Å². The van der Waals surface area contributed by atoms with Crippen molar-refractivity contribution in [3.63, 3.8) is 0 Å². The van der Waals surface area contributed by atoms with Crippen LogP contribution in [0.25, 0.3) is 0 Å². The number of ether oxygens (including phenoxy) is 1. The summed E-state index contributed by atoms with van der Waals surface area (Å²) in [6.45, 7) is 8.58. The second kappa shape index (κ2) is 12.7. The molecule has 0 heterocycles. The average Bonchev–Trinajstić information content (AvgIpc) is 2.77. The fourth-order valence-electron chi connectivity index (χ4n) is 3.43. The Hall–Kier alpha value is -2.24. The first-order valence-corrected chi connectivity index (χ1v) is 11.8. The largest absolute Gasteiger partial charge is 0.483 e. The molecule has 2 amide bonds. The number of hydrogen-bond acceptors (Lipinski definition) is 3. The van der Waals surface area contributed by atoms with Gasteiger partial charge in [-0.1, -0.05) is 75.2 Å². The molecule has 5 nitrogen and oxygen atoms in total. The molecule has 2 rings (SSSR count). The number of benzene rings is 2. The summed E-state index contributed by atoms with van der Waals surface area (Å²) >= 11 is 12.4. The summed E-state index contributed by atoms with van der Waals surface area (Å²) in [5, 5.41) is 3.86. The van der Waals surface area contributed by atoms with E-state index in [-0.39, 0.29) is 30.9 Å². The maximum absolute atomic E-state index is 13.3. The lowest BCUT2D eigenvalue weighted by molar-refractivity contribution is -0.143. The van der Waals surface area contributed by atoms with Gasteiger partial charge in [0.25, 0.3) is 5.91 Å². The highest BCUT2D eigenvalue weighted by molar-refractivity contribution is 6.35. The normalized spacial score (nSPS) is 11.8. The van der Waals surface area contributed by atoms with Crippen LogP contribution in [0, 0.1) is 0 Å². The highest BCUT2D eigenvalue weighted by Crippen LogP contribution is 2.27. The molecule has 0 fully saturated rings. The van der Waals surface area contributed by atoms with Gasteiger partial charge in [0.1, 0.15) is 11.8 Å². The summed E-state index contributed by atoms with van der Waals surface area (Å²) in [5.74, 6) is 0.459. The zero-order valence-electron chi connectivity index (χ0n) is 19.2. The second-order valence-electron chi connectivity index (χ2n) is 7.95. The smallest absolute Gasteiger partial charge is 0.261 e. The summed E-state index contributed by atoms with van der Waals surface area (Å²) in [6, 6.07) is 12.2. The van der Waals surface area contributed by atoms with Crippen LogP contribution in [0.2, 0.25) is 10.0 Å². The molecule has 0 spiro atoms. The van der Waals surface area contributed by atoms with E-state index in [9.17, 15) is 9.59 Å². The monoisotopic (exact) mass is 478 g/mol. The maximum atomic E-state index is 13.3. The SMILES string of the molecule is CCCNC(=O)C(CC)N(Cc1ccc(Cl)cc1Cl)C(=O)COc1ccccc1C(C)C. The second-order valence-corrected chi connectivity index (χ2v) is 8.80. The minimum Gasteiger partial charge on any atom is -0.483 e. The number of carbonyl (C=O) groups excluding carboxylic acids is 2. The number of rotatable bonds is 11. The van der Waals surface area contributed by atoms with E-state index in [2.05, 4.69) is 19.2 Å². The van der Waals surface area contributed by atoms with Gasteiger partial charge >= 0.3 is 0 Å². The van der Waals surface area contributed by atoms with Gasteiger partial charge < -0.3 is 15.0 Å². The van der Waals surface area contributed by atoms with Gasteiger partial charge in [-0.2, -0.15) is 0 Å². The van der Waals surface area contributed by atoms with E-state index < -0.39 is 6.04 Å². The van der Waals surface area contributed by atoms with Crippen molar-refractivity contribution in [3.05, 3.63) is 63.6 Å². The van der Waals surface area contributed by atoms with E-state index in [4.69, 9.17) is 27.9 Å². The Balaban J connectivity index is 2.27. The van der Waals surface area contributed by atoms with Crippen LogP contribution in [0.1, 0.15) is 57.6 Å². The molecule has 2 aromatic rings. The van der Waals surface area contributed by atoms with Crippen LogP contribution >= 0.6 is 23.2 Å². The van der Waals surface area contributed by atoms with Crippen LogP contribution in [-0.4, -0.2) is 35.9 Å². The average molecular weight is 479 g/mol. The first-order valence-electron chi connectivity index (χ1n) is 11.0. The molecular formula is C25H32Cl2N2O3. The van der Waals surface area contributed by atoms with Gasteiger partial charge in [-0.05, 0) is 48.1 Å². The first kappa shape index (κ1) is 26.0. The number of hydrogen-bond donors (Lipinski definition) is 1. The fourth-order valence-corrected chi connectivity index (χ4v) is 3.90. The minimum absolute atomic E-state index is 0.174. The van der Waals surface area contributed by atoms with Crippen molar-refractivity contribution >= 4 is 35.0 Å². The minimum atomic E-state index is -0.635. The quantitative estimate of drug-likeness (QED) is 0.441. The number of nitrogens with zero attached hydrogens (tertiary/aromatic N) is 1. The molecule has 0 bridgehead atoms. The molecule has 0 aliphatic rings. The van der Waals surface area contributed by atoms with Gasteiger partial charge in [0, 0.05) is 23.1 Å². The van der Waals surface area contributed by atoms with Gasteiger partial charge in [-0.25, -0.2) is 0 Å². The number of para-hydroxylation sites is 1. The van der Waals surface area contributed by atoms with Crippen molar-refractivity contribution in [2.75, 3.05) is 13.2 Å². The number of halogens is 2. The molecule has 174 valence electrons. The topological polar surface area (TPSA) is 58.6 Å². The molecule has 0 aliphatic carbocycles. The van der Waals surface area contributed by atoms with Crippen LogP contribution in [0.4, 0.5) is 0 Å². The Bertz CT molecular complexity index is 918. The molecule has 0 aromatic heterocycles. The summed E-state index contributed by atoms with van der Waals surface area (Å²) in [5.41, 5.74) is 1.74. The third-order valence-corrected chi connectivity index (χ3v) is 5.77. The molecule has 1 atom stereocenters. The van der Waals surface area contributed by atoms with Gasteiger partial charge in [0.2, 0.25) is 5.91 Å². The molecule has 0 radical (unpaired) electrons. The van der Waals surface area contributed by atoms with E-state index in [0.29, 0.717) is 34.3 Å². The lowest BCUT2D eigenvalue weighted by Gasteiger charge is -2.31. The number of carbonyl (C=O) groups is 2. The fraction of sp³-hybridized carbons (Fsp3) is 0.440. The lowest BCUT2D eigenvalue weighted by atomic mass is 10.0. The van der Waals surface area contributed by atoms with Gasteiger partial charge in [0.15, 0.2) is 6.61 Å². The van der Waals surface area contributed by atoms with Crippen molar-refractivity contribution in [2.45, 2.75) is 59.0 Å². The van der Waals surface area contributed by atoms with Gasteiger partial charge in [-0.15, -0.1) is 0 Å². The van der Waals surface area contributed by atoms with Crippen LogP contribution in [-0.2, 0) is 16.1 Å². The molecule has 1 N–H and O–H groups in total. The molecule has 7 heteroatoms. The van der Waals surface area contributed by atoms with Crippen molar-refractivity contribution < 1.29 is 14.3 Å². The van der Waals surface area contributed by atoms with E-state index >= 15 is 0 Å². The first-order chi connectivity index (χ1) is 15.3. The zero-order valence-corrected chi connectivity index (χ0v) is 20.7. The summed E-state index contributed by atoms with van der Waals surface area (Å²) in [6.07, 6.45) is 1.28. The standard InChI is InChI=1S/C25H32Cl2N2O3/c1-5-13-28-25(31)22(6-2)29(15-18-11-12-19(26)14-21(18)27)24(30)16-32-23-10-8-7-9-20(23)17(3)4/h7-12,14,17,22H,5-6,13,15-16H2,1-4H3,(H,28,31). The van der Waals surface area contributed by atoms with Crippen molar-refractivity contribution in [1.82, 2.24) is 10.2 Å². The Morgan fingerprint density at radius 1 is 1.09 bits per heavy atom. The van der Waals surface area contributed by atoms with Crippen LogP contribution in [0.3, 0.4) is 0 Å². The Morgan fingerprint density at radius 2 is 1.81 bits per heavy atom. The van der Waals surface area contributed by atoms with Crippen molar-refractivity contribution in [2.24, 2.45) is 0 Å². The zero-order chi connectivity index (χ0) is 23.7. The number of nitrogens with one attached hydrogen (secondary N) is 1. The third kappa shape index (κ3) is 7.14.